The van der Waals surface area contributed by atoms with Crippen LogP contribution in [-0.4, -0.2) is 16.2 Å². The Morgan fingerprint density at radius 2 is 2.45 bits per heavy atom. The van der Waals surface area contributed by atoms with Gasteiger partial charge in [-0.2, -0.15) is 0 Å². The second-order valence-corrected chi connectivity index (χ2v) is 2.15. The van der Waals surface area contributed by atoms with Gasteiger partial charge in [-0.15, -0.1) is 0 Å². The molecular weight excluding hydrogens is 147 g/mol. The largest absolute Gasteiger partial charge is 0.299 e. The predicted molar refractivity (Wildman–Crippen MR) is 39.1 cm³/mol. The summed E-state index contributed by atoms with van der Waals surface area (Å²) in [7, 11) is 0. The van der Waals surface area contributed by atoms with Gasteiger partial charge < -0.3 is 0 Å². The molecule has 0 unspecified atom stereocenters. The van der Waals surface area contributed by atoms with Crippen molar-refractivity contribution in [1.82, 2.24) is 9.55 Å². The molecule has 60 valence electrons. The van der Waals surface area contributed by atoms with E-state index in [-0.39, 0.29) is 5.56 Å². The van der Waals surface area contributed by atoms with E-state index in [2.05, 4.69) is 4.98 Å². The summed E-state index contributed by atoms with van der Waals surface area (Å²) in [6.07, 6.45) is 3.21. The topological polar surface area (TPSA) is 34.9 Å². The highest BCUT2D eigenvalue weighted by Crippen LogP contribution is 1.85. The summed E-state index contributed by atoms with van der Waals surface area (Å²) in [5.41, 5.74) is -0.131. The highest BCUT2D eigenvalue weighted by atomic mass is 19.1. The molecule has 11 heavy (non-hydrogen) atoms. The van der Waals surface area contributed by atoms with Crippen LogP contribution in [0, 0.1) is 0 Å². The number of rotatable bonds is 3. The number of hydrogen-bond acceptors (Lipinski definition) is 2. The van der Waals surface area contributed by atoms with Gasteiger partial charge in [0.05, 0.1) is 13.0 Å². The van der Waals surface area contributed by atoms with E-state index in [1.807, 2.05) is 0 Å². The number of halogens is 1. The molecule has 0 aliphatic carbocycles. The van der Waals surface area contributed by atoms with Crippen LogP contribution in [0.3, 0.4) is 0 Å². The van der Waals surface area contributed by atoms with Gasteiger partial charge in [-0.1, -0.05) is 0 Å². The Morgan fingerprint density at radius 1 is 1.64 bits per heavy atom. The minimum atomic E-state index is -0.401. The average molecular weight is 156 g/mol. The van der Waals surface area contributed by atoms with Gasteiger partial charge in [0.2, 0.25) is 0 Å². The van der Waals surface area contributed by atoms with Crippen LogP contribution in [-0.2, 0) is 6.54 Å². The maximum absolute atomic E-state index is 11.7. The monoisotopic (exact) mass is 156 g/mol. The Balaban J connectivity index is 2.70. The summed E-state index contributed by atoms with van der Waals surface area (Å²) in [5, 5.41) is 0. The Hall–Kier alpha value is -1.19. The molecule has 0 aliphatic rings. The highest BCUT2D eigenvalue weighted by Gasteiger charge is 1.92. The molecule has 1 aromatic heterocycles. The molecule has 1 aromatic rings. The van der Waals surface area contributed by atoms with Crippen LogP contribution in [0.1, 0.15) is 6.42 Å². The lowest BCUT2D eigenvalue weighted by Gasteiger charge is -1.99. The standard InChI is InChI=1S/C7H9FN2O/c8-3-1-5-10-6-9-4-2-7(10)11/h2,4,6H,1,3,5H2. The van der Waals surface area contributed by atoms with E-state index in [9.17, 15) is 9.18 Å². The number of hydrogen-bond donors (Lipinski definition) is 0. The first-order chi connectivity index (χ1) is 5.34. The summed E-state index contributed by atoms with van der Waals surface area (Å²) in [5.74, 6) is 0. The first kappa shape index (κ1) is 7.91. The van der Waals surface area contributed by atoms with Crippen molar-refractivity contribution in [2.75, 3.05) is 6.67 Å². The molecule has 0 atom stereocenters. The Labute approximate surface area is 63.5 Å². The van der Waals surface area contributed by atoms with Crippen LogP contribution >= 0.6 is 0 Å². The van der Waals surface area contributed by atoms with Gasteiger partial charge in [0.1, 0.15) is 0 Å². The van der Waals surface area contributed by atoms with E-state index < -0.39 is 6.67 Å². The summed E-state index contributed by atoms with van der Waals surface area (Å²) < 4.78 is 13.1. The van der Waals surface area contributed by atoms with E-state index in [4.69, 9.17) is 0 Å². The SMILES string of the molecule is O=c1ccncn1CCCF. The number of nitrogens with zero attached hydrogens (tertiary/aromatic N) is 2. The summed E-state index contributed by atoms with van der Waals surface area (Å²) in [6.45, 7) is 0.00447. The van der Waals surface area contributed by atoms with Crippen molar-refractivity contribution in [3.05, 3.63) is 28.9 Å². The zero-order valence-electron chi connectivity index (χ0n) is 6.03. The average Bonchev–Trinajstić information content (AvgIpc) is 2.03. The Morgan fingerprint density at radius 3 is 3.09 bits per heavy atom. The molecule has 1 rings (SSSR count). The molecule has 0 saturated carbocycles. The van der Waals surface area contributed by atoms with Crippen LogP contribution in [0.25, 0.3) is 0 Å². The minimum absolute atomic E-state index is 0.131. The maximum atomic E-state index is 11.7. The van der Waals surface area contributed by atoms with E-state index in [1.54, 1.807) is 0 Å². The molecule has 0 fully saturated rings. The number of alkyl halides is 1. The third-order valence-corrected chi connectivity index (χ3v) is 1.32. The van der Waals surface area contributed by atoms with Crippen molar-refractivity contribution < 1.29 is 4.39 Å². The summed E-state index contributed by atoms with van der Waals surface area (Å²) >= 11 is 0. The molecule has 1 heterocycles. The Bertz CT molecular complexity index is 271. The second-order valence-electron chi connectivity index (χ2n) is 2.15. The smallest absolute Gasteiger partial charge is 0.253 e. The first-order valence-corrected chi connectivity index (χ1v) is 3.41. The fourth-order valence-corrected chi connectivity index (χ4v) is 0.776. The van der Waals surface area contributed by atoms with Gasteiger partial charge in [0.15, 0.2) is 0 Å². The molecule has 3 nitrogen and oxygen atoms in total. The molecule has 4 heteroatoms. The van der Waals surface area contributed by atoms with E-state index >= 15 is 0 Å². The molecule has 0 bridgehead atoms. The van der Waals surface area contributed by atoms with E-state index in [0.717, 1.165) is 0 Å². The molecule has 0 saturated heterocycles. The minimum Gasteiger partial charge on any atom is -0.299 e. The normalized spacial score (nSPS) is 9.91. The molecule has 0 N–H and O–H groups in total. The molecule has 0 radical (unpaired) electrons. The van der Waals surface area contributed by atoms with Crippen molar-refractivity contribution in [1.29, 1.82) is 0 Å². The predicted octanol–water partition coefficient (Wildman–Crippen LogP) is 0.603. The van der Waals surface area contributed by atoms with E-state index in [1.165, 1.54) is 23.2 Å². The Kier molecular flexibility index (Phi) is 2.77. The third kappa shape index (κ3) is 2.14. The molecule has 0 aromatic carbocycles. The van der Waals surface area contributed by atoms with E-state index in [0.29, 0.717) is 13.0 Å². The van der Waals surface area contributed by atoms with Crippen LogP contribution in [0.5, 0.6) is 0 Å². The van der Waals surface area contributed by atoms with Gasteiger partial charge in [0, 0.05) is 18.8 Å². The lowest BCUT2D eigenvalue weighted by molar-refractivity contribution is 0.442. The molecular formula is C7H9FN2O. The molecule has 0 aliphatic heterocycles. The fraction of sp³-hybridized carbons (Fsp3) is 0.429. The van der Waals surface area contributed by atoms with Crippen molar-refractivity contribution in [2.45, 2.75) is 13.0 Å². The van der Waals surface area contributed by atoms with Crippen LogP contribution < -0.4 is 5.56 Å². The third-order valence-electron chi connectivity index (χ3n) is 1.32. The zero-order chi connectivity index (χ0) is 8.10. The number of aromatic nitrogens is 2. The van der Waals surface area contributed by atoms with Crippen molar-refractivity contribution in [3.8, 4) is 0 Å². The van der Waals surface area contributed by atoms with Gasteiger partial charge in [-0.25, -0.2) is 4.98 Å². The maximum Gasteiger partial charge on any atom is 0.253 e. The van der Waals surface area contributed by atoms with Gasteiger partial charge in [-0.05, 0) is 6.42 Å². The van der Waals surface area contributed by atoms with Crippen LogP contribution in [0.4, 0.5) is 4.39 Å². The van der Waals surface area contributed by atoms with Crippen molar-refractivity contribution in [3.63, 3.8) is 0 Å². The molecule has 0 spiro atoms. The van der Waals surface area contributed by atoms with Gasteiger partial charge in [-0.3, -0.25) is 13.8 Å². The van der Waals surface area contributed by atoms with Crippen LogP contribution in [0.15, 0.2) is 23.4 Å². The molecule has 0 amide bonds. The second kappa shape index (κ2) is 3.85. The van der Waals surface area contributed by atoms with Crippen LogP contribution in [0.2, 0.25) is 0 Å². The highest BCUT2D eigenvalue weighted by molar-refractivity contribution is 4.81. The van der Waals surface area contributed by atoms with Gasteiger partial charge >= 0.3 is 0 Å². The summed E-state index contributed by atoms with van der Waals surface area (Å²) in [6, 6.07) is 1.36. The van der Waals surface area contributed by atoms with Crippen molar-refractivity contribution in [2.24, 2.45) is 0 Å². The number of aryl methyl sites for hydroxylation is 1. The van der Waals surface area contributed by atoms with Gasteiger partial charge in [0.25, 0.3) is 5.56 Å². The summed E-state index contributed by atoms with van der Waals surface area (Å²) in [4.78, 5) is 14.7. The first-order valence-electron chi connectivity index (χ1n) is 3.41. The lowest BCUT2D eigenvalue weighted by Crippen LogP contribution is -2.18. The quantitative estimate of drug-likeness (QED) is 0.642. The fourth-order valence-electron chi connectivity index (χ4n) is 0.776. The zero-order valence-corrected chi connectivity index (χ0v) is 6.03. The lowest BCUT2D eigenvalue weighted by atomic mass is 10.4. The van der Waals surface area contributed by atoms with Crippen molar-refractivity contribution >= 4 is 0 Å².